The minimum Gasteiger partial charge on any atom is -0.480 e. The summed E-state index contributed by atoms with van der Waals surface area (Å²) in [7, 11) is 0. The van der Waals surface area contributed by atoms with Crippen molar-refractivity contribution in [3.05, 3.63) is 161 Å². The normalized spacial score (nSPS) is 19.8. The first kappa shape index (κ1) is 62.6. The highest BCUT2D eigenvalue weighted by atomic mass is 32.1. The van der Waals surface area contributed by atoms with Gasteiger partial charge in [0, 0.05) is 111 Å². The van der Waals surface area contributed by atoms with Gasteiger partial charge in [0.05, 0.1) is 18.5 Å². The quantitative estimate of drug-likeness (QED) is 0.0313. The van der Waals surface area contributed by atoms with E-state index in [9.17, 15) is 29.4 Å². The lowest BCUT2D eigenvalue weighted by molar-refractivity contribution is -0.437. The van der Waals surface area contributed by atoms with E-state index in [-0.39, 0.29) is 56.5 Å². The van der Waals surface area contributed by atoms with Crippen molar-refractivity contribution in [2.45, 2.75) is 96.9 Å². The van der Waals surface area contributed by atoms with Gasteiger partial charge in [-0.2, -0.15) is 4.58 Å². The summed E-state index contributed by atoms with van der Waals surface area (Å²) in [5.74, 6) is -0.432. The van der Waals surface area contributed by atoms with E-state index >= 15 is 0 Å². The summed E-state index contributed by atoms with van der Waals surface area (Å²) in [5, 5.41) is 26.6. The number of nitrogens with zero attached hydrogens (tertiary/aromatic N) is 6. The van der Waals surface area contributed by atoms with Crippen molar-refractivity contribution in [2.75, 3.05) is 101 Å². The first-order valence-corrected chi connectivity index (χ1v) is 29.8. The maximum Gasteiger partial charge on any atom is 0.317 e. The van der Waals surface area contributed by atoms with Crippen LogP contribution in [0, 0.1) is 0 Å². The van der Waals surface area contributed by atoms with E-state index in [1.165, 1.54) is 33.9 Å². The lowest BCUT2D eigenvalue weighted by Gasteiger charge is -2.37. The van der Waals surface area contributed by atoms with Crippen molar-refractivity contribution in [1.29, 1.82) is 0 Å². The molecule has 4 aromatic carbocycles. The Hall–Kier alpha value is -7.48. The van der Waals surface area contributed by atoms with Gasteiger partial charge in [0.2, 0.25) is 5.69 Å². The highest BCUT2D eigenvalue weighted by Gasteiger charge is 2.44. The smallest absolute Gasteiger partial charge is 0.317 e. The molecule has 1 aliphatic carbocycles. The average molecular weight is 1160 g/mol. The molecule has 0 aromatic heterocycles. The number of carboxylic acids is 2. The van der Waals surface area contributed by atoms with Crippen LogP contribution in [0.1, 0.15) is 90.3 Å². The predicted octanol–water partition coefficient (Wildman–Crippen LogP) is 9.94. The molecule has 1 atom stereocenters. The van der Waals surface area contributed by atoms with Crippen LogP contribution in [0.15, 0.2) is 144 Å². The lowest BCUT2D eigenvalue weighted by Crippen LogP contribution is -2.52. The summed E-state index contributed by atoms with van der Waals surface area (Å²) < 4.78 is 19.9. The Kier molecular flexibility index (Phi) is 21.9. The zero-order chi connectivity index (χ0) is 59.8. The third-order valence-corrected chi connectivity index (χ3v) is 16.6. The summed E-state index contributed by atoms with van der Waals surface area (Å²) in [4.78, 5) is 56.5. The summed E-state index contributed by atoms with van der Waals surface area (Å²) in [6, 6.07) is 32.9. The summed E-state index contributed by atoms with van der Waals surface area (Å²) in [5.41, 5.74) is 12.2. The van der Waals surface area contributed by atoms with Crippen LogP contribution >= 0.6 is 12.2 Å². The highest BCUT2D eigenvalue weighted by molar-refractivity contribution is 7.80. The van der Waals surface area contributed by atoms with Crippen molar-refractivity contribution in [2.24, 2.45) is 0 Å². The largest absolute Gasteiger partial charge is 0.480 e. The molecule has 4 N–H and O–H groups in total. The molecule has 18 heteroatoms. The molecule has 4 aromatic rings. The maximum atomic E-state index is 12.1. The van der Waals surface area contributed by atoms with Gasteiger partial charge in [-0.05, 0) is 135 Å². The fourth-order valence-corrected chi connectivity index (χ4v) is 12.4. The molecule has 17 nitrogen and oxygen atoms in total. The number of aliphatic carboxylic acids is 2. The van der Waals surface area contributed by atoms with Crippen molar-refractivity contribution in [1.82, 2.24) is 19.6 Å². The minimum absolute atomic E-state index is 0.00958. The number of hydrogen-bond donors (Lipinski definition) is 4. The molecular weight excluding hydrogens is 1080 g/mol. The number of ether oxygens (including phenoxy) is 3. The predicted molar refractivity (Wildman–Crippen MR) is 334 cm³/mol. The molecule has 0 amide bonds. The molecule has 3 heterocycles. The molecule has 0 saturated carbocycles. The molecule has 8 rings (SSSR count). The molecule has 446 valence electrons. The van der Waals surface area contributed by atoms with Crippen LogP contribution in [0.3, 0.4) is 0 Å². The molecule has 1 unspecified atom stereocenters. The van der Waals surface area contributed by atoms with Gasteiger partial charge in [0.25, 0.3) is 12.9 Å². The van der Waals surface area contributed by atoms with Gasteiger partial charge in [-0.15, -0.1) is 0 Å². The fraction of sp³-hybridized carbons (Fsp3) is 0.424. The van der Waals surface area contributed by atoms with Crippen molar-refractivity contribution >= 4 is 70.7 Å². The fourth-order valence-electron chi connectivity index (χ4n) is 12.1. The molecule has 84 heavy (non-hydrogen) atoms. The molecule has 0 spiro atoms. The molecule has 0 radical (unpaired) electrons. The second-order valence-electron chi connectivity index (χ2n) is 23.0. The van der Waals surface area contributed by atoms with Gasteiger partial charge in [-0.25, -0.2) is 0 Å². The number of anilines is 3. The maximum absolute atomic E-state index is 12.1. The van der Waals surface area contributed by atoms with Gasteiger partial charge < -0.3 is 40.0 Å². The van der Waals surface area contributed by atoms with Gasteiger partial charge >= 0.3 is 11.9 Å². The number of nitrogens with one attached hydrogen (secondary N) is 2. The lowest BCUT2D eigenvalue weighted by atomic mass is 9.81. The SMILES string of the molecule is CCCN1/C(=C/C=C2\CCCC(/C=C/C3=[N+](CCC)c4ccccc4C3(C)C)=C2Oc2ccc(NC(=S)Nc3ccc(CC4CN(CC(=O)O)CCN(CC(=O)O)CCN(COC=O)CCN4COC=O)cc3)cc2)C(C)(C)c2ccccc21. The topological polar surface area (TPSA) is 180 Å². The second-order valence-corrected chi connectivity index (χ2v) is 23.4. The van der Waals surface area contributed by atoms with Crippen LogP contribution in [0.2, 0.25) is 0 Å². The van der Waals surface area contributed by atoms with E-state index in [0.29, 0.717) is 63.0 Å². The number of carbonyl (C=O) groups excluding carboxylic acids is 2. The van der Waals surface area contributed by atoms with Crippen molar-refractivity contribution in [3.8, 4) is 5.75 Å². The van der Waals surface area contributed by atoms with E-state index in [4.69, 9.17) is 26.4 Å². The Labute approximate surface area is 500 Å². The molecule has 1 fully saturated rings. The first-order valence-electron chi connectivity index (χ1n) is 29.4. The number of thiocarbonyl (C=S) groups is 1. The third kappa shape index (κ3) is 15.8. The zero-order valence-corrected chi connectivity index (χ0v) is 50.4. The average Bonchev–Trinajstić information content (AvgIpc) is 2.38. The van der Waals surface area contributed by atoms with E-state index in [2.05, 4.69) is 134 Å². The number of rotatable bonds is 23. The molecule has 4 aliphatic rings. The van der Waals surface area contributed by atoms with Crippen molar-refractivity contribution in [3.63, 3.8) is 0 Å². The number of para-hydroxylation sites is 2. The van der Waals surface area contributed by atoms with Crippen LogP contribution in [0.5, 0.6) is 5.75 Å². The Morgan fingerprint density at radius 3 is 2.00 bits per heavy atom. The standard InChI is InChI=1S/C66H82N8O9S/c1-7-32-73-57-18-11-9-16-55(57)65(3,4)59(73)30-22-49-14-13-15-50(23-31-60-66(5,6)56-17-10-12-19-58(56)74(60)33-8-2)63(49)83-54-28-26-52(27-29-54)68-64(84)67-51-24-20-48(21-25-51)40-53-41-71(43-62(79)80)37-35-69(42-61(77)78)34-36-70(44-81-46-75)38-39-72(53)45-82-47-76/h9-12,16-31,46-47,53H,7-8,13-15,32-45H2,1-6H3,(H3-,67,68,77,78,79,80,84)/p+1. The van der Waals surface area contributed by atoms with E-state index in [1.807, 2.05) is 58.3 Å². The Morgan fingerprint density at radius 2 is 1.32 bits per heavy atom. The van der Waals surface area contributed by atoms with E-state index < -0.39 is 11.9 Å². The summed E-state index contributed by atoms with van der Waals surface area (Å²) >= 11 is 5.83. The van der Waals surface area contributed by atoms with Gasteiger partial charge in [-0.3, -0.25) is 38.8 Å². The van der Waals surface area contributed by atoms with Crippen LogP contribution in [0.25, 0.3) is 0 Å². The highest BCUT2D eigenvalue weighted by Crippen LogP contribution is 2.48. The monoisotopic (exact) mass is 1160 g/mol. The summed E-state index contributed by atoms with van der Waals surface area (Å²) in [6.07, 6.45) is 14.5. The molecule has 3 aliphatic heterocycles. The Bertz CT molecular complexity index is 3130. The van der Waals surface area contributed by atoms with Crippen molar-refractivity contribution < 1.29 is 48.2 Å². The van der Waals surface area contributed by atoms with Crippen LogP contribution in [0.4, 0.5) is 22.7 Å². The molecule has 1 saturated heterocycles. The van der Waals surface area contributed by atoms with Gasteiger partial charge in [-0.1, -0.05) is 82.3 Å². The Morgan fingerprint density at radius 1 is 0.702 bits per heavy atom. The van der Waals surface area contributed by atoms with E-state index in [0.717, 1.165) is 79.0 Å². The first-order chi connectivity index (χ1) is 40.5. The van der Waals surface area contributed by atoms with Gasteiger partial charge in [0.1, 0.15) is 31.5 Å². The second kappa shape index (κ2) is 29.4. The molecule has 0 bridgehead atoms. The van der Waals surface area contributed by atoms with E-state index in [1.54, 1.807) is 9.80 Å². The Balaban J connectivity index is 1.00. The minimum atomic E-state index is -1.02. The summed E-state index contributed by atoms with van der Waals surface area (Å²) in [6.45, 7) is 18.2. The van der Waals surface area contributed by atoms with Crippen LogP contribution in [-0.4, -0.2) is 162 Å². The van der Waals surface area contributed by atoms with Crippen LogP contribution < -0.4 is 20.3 Å². The van der Waals surface area contributed by atoms with Gasteiger partial charge in [0.15, 0.2) is 10.8 Å². The number of hydrogen-bond acceptors (Lipinski definition) is 13. The number of carbonyl (C=O) groups is 4. The third-order valence-electron chi connectivity index (χ3n) is 16.4. The zero-order valence-electron chi connectivity index (χ0n) is 49.6. The van der Waals surface area contributed by atoms with Crippen LogP contribution in [-0.2, 0) is 45.9 Å². The number of carboxylic acid groups (broad SMARTS) is 2. The number of benzene rings is 4. The molecular formula is C66H83N8O9S+. The number of allylic oxidation sites excluding steroid dienone is 7. The number of fused-ring (bicyclic) bond motifs is 2.